The highest BCUT2D eigenvalue weighted by atomic mass is 32.2. The lowest BCUT2D eigenvalue weighted by atomic mass is 9.73. The zero-order chi connectivity index (χ0) is 42.7. The first-order valence-electron chi connectivity index (χ1n) is 22.6. The van der Waals surface area contributed by atoms with Crippen molar-refractivity contribution in [3.8, 4) is 5.75 Å². The SMILES string of the molecule is Cc1cc(S(=O)(=O)O)c(C(C)C)cc1OS(=O)(=O)c1c(C2CCCCC2)cc(C2CCCC(c3ccc([SH](c4ccccc4)c4ccccc4)cc3)C2)cc1C1CCCCC1. The molecule has 8 rings (SSSR count). The third-order valence-electron chi connectivity index (χ3n) is 13.7. The summed E-state index contributed by atoms with van der Waals surface area (Å²) >= 11 is 0. The lowest BCUT2D eigenvalue weighted by Gasteiger charge is -2.34. The minimum absolute atomic E-state index is 0.102. The van der Waals surface area contributed by atoms with E-state index < -0.39 is 31.1 Å². The van der Waals surface area contributed by atoms with E-state index >= 15 is 8.42 Å². The quantitative estimate of drug-likeness (QED) is 0.0736. The molecular weight excluding hydrogens is 817 g/mol. The molecule has 9 heteroatoms. The molecule has 0 bridgehead atoms. The van der Waals surface area contributed by atoms with Gasteiger partial charge < -0.3 is 4.18 Å². The van der Waals surface area contributed by atoms with Gasteiger partial charge in [-0.25, -0.2) is 0 Å². The molecule has 0 heterocycles. The van der Waals surface area contributed by atoms with Gasteiger partial charge in [-0.05, 0) is 178 Å². The molecule has 3 saturated carbocycles. The van der Waals surface area contributed by atoms with Crippen molar-refractivity contribution in [2.75, 3.05) is 0 Å². The summed E-state index contributed by atoms with van der Waals surface area (Å²) in [7, 11) is -9.55. The van der Waals surface area contributed by atoms with Crippen molar-refractivity contribution in [3.63, 3.8) is 0 Å². The third-order valence-corrected chi connectivity index (χ3v) is 18.4. The zero-order valence-electron chi connectivity index (χ0n) is 35.9. The Labute approximate surface area is 367 Å². The summed E-state index contributed by atoms with van der Waals surface area (Å²) in [5.41, 5.74) is 5.14. The second-order valence-electron chi connectivity index (χ2n) is 18.2. The van der Waals surface area contributed by atoms with E-state index in [0.29, 0.717) is 27.9 Å². The number of hydrogen-bond acceptors (Lipinski definition) is 5. The van der Waals surface area contributed by atoms with E-state index in [4.69, 9.17) is 4.18 Å². The van der Waals surface area contributed by atoms with Crippen LogP contribution in [0.15, 0.2) is 134 Å². The lowest BCUT2D eigenvalue weighted by molar-refractivity contribution is 0.389. The highest BCUT2D eigenvalue weighted by Gasteiger charge is 2.36. The molecule has 0 radical (unpaired) electrons. The van der Waals surface area contributed by atoms with E-state index in [1.165, 1.54) is 37.9 Å². The van der Waals surface area contributed by atoms with E-state index in [1.807, 2.05) is 13.8 Å². The fraction of sp³-hybridized carbons (Fsp3) is 0.423. The van der Waals surface area contributed by atoms with Gasteiger partial charge in [-0.3, -0.25) is 4.55 Å². The highest BCUT2D eigenvalue weighted by Crippen LogP contribution is 2.52. The van der Waals surface area contributed by atoms with Crippen LogP contribution in [0.2, 0.25) is 0 Å². The Morgan fingerprint density at radius 1 is 0.574 bits per heavy atom. The Morgan fingerprint density at radius 2 is 1.05 bits per heavy atom. The van der Waals surface area contributed by atoms with Crippen LogP contribution in [0.5, 0.6) is 5.75 Å². The first-order chi connectivity index (χ1) is 29.4. The van der Waals surface area contributed by atoms with Crippen LogP contribution >= 0.6 is 10.9 Å². The van der Waals surface area contributed by atoms with Gasteiger partial charge in [0.15, 0.2) is 0 Å². The molecule has 5 aromatic carbocycles. The second kappa shape index (κ2) is 18.8. The van der Waals surface area contributed by atoms with Gasteiger partial charge in [0, 0.05) is 0 Å². The average molecular weight is 879 g/mol. The molecule has 1 N–H and O–H groups in total. The van der Waals surface area contributed by atoms with Crippen LogP contribution in [0.1, 0.15) is 167 Å². The predicted molar refractivity (Wildman–Crippen MR) is 248 cm³/mol. The number of aryl methyl sites for hydroxylation is 1. The van der Waals surface area contributed by atoms with Gasteiger partial charge in [0.2, 0.25) is 0 Å². The maximum absolute atomic E-state index is 15.0. The van der Waals surface area contributed by atoms with Crippen LogP contribution in [0.3, 0.4) is 0 Å². The van der Waals surface area contributed by atoms with Gasteiger partial charge in [0.05, 0.1) is 4.90 Å². The monoisotopic (exact) mass is 878 g/mol. The van der Waals surface area contributed by atoms with Gasteiger partial charge >= 0.3 is 10.1 Å². The Kier molecular flexibility index (Phi) is 13.5. The molecular formula is C52H62O6S3. The predicted octanol–water partition coefficient (Wildman–Crippen LogP) is 14.1. The summed E-state index contributed by atoms with van der Waals surface area (Å²) in [6, 6.07) is 38.5. The van der Waals surface area contributed by atoms with Crippen LogP contribution in [0.4, 0.5) is 0 Å². The van der Waals surface area contributed by atoms with Crippen molar-refractivity contribution in [1.82, 2.24) is 0 Å². The summed E-state index contributed by atoms with van der Waals surface area (Å²) in [5, 5.41) is 0. The number of benzene rings is 5. The minimum atomic E-state index is -4.52. The molecule has 0 aromatic heterocycles. The zero-order valence-corrected chi connectivity index (χ0v) is 38.5. The minimum Gasteiger partial charge on any atom is -0.379 e. The molecule has 6 nitrogen and oxygen atoms in total. The van der Waals surface area contributed by atoms with Crippen molar-refractivity contribution in [1.29, 1.82) is 0 Å². The molecule has 0 aliphatic heterocycles. The average Bonchev–Trinajstić information content (AvgIpc) is 3.28. The standard InChI is InChI=1S/C52H62O6S3/c1-36(2)47-35-50(37(3)31-51(47)60(53,54)55)58-61(56,57)52-48(39-17-8-4-9-18-39)33-43(34-49(52)40-19-10-5-11-20-40)42-22-16-21-41(32-42)38-27-29-46(30-28-38)59(44-23-12-6-13-24-44)45-25-14-7-15-26-45/h6-7,12-15,23-31,33-36,39-42,59H,4-5,8-11,16-22,32H2,1-3H3,(H,53,54,55). The molecule has 61 heavy (non-hydrogen) atoms. The van der Waals surface area contributed by atoms with E-state index in [0.717, 1.165) is 101 Å². The molecule has 3 aliphatic rings. The smallest absolute Gasteiger partial charge is 0.339 e. The van der Waals surface area contributed by atoms with E-state index in [9.17, 15) is 13.0 Å². The molecule has 2 unspecified atom stereocenters. The number of hydrogen-bond donors (Lipinski definition) is 2. The van der Waals surface area contributed by atoms with Gasteiger partial charge in [-0.15, -0.1) is 0 Å². The van der Waals surface area contributed by atoms with Crippen molar-refractivity contribution >= 4 is 31.1 Å². The topological polar surface area (TPSA) is 97.7 Å². The number of thiol groups is 1. The van der Waals surface area contributed by atoms with E-state index in [1.54, 1.807) is 6.92 Å². The molecule has 3 fully saturated rings. The lowest BCUT2D eigenvalue weighted by Crippen LogP contribution is -2.22. The fourth-order valence-electron chi connectivity index (χ4n) is 10.6. The molecule has 0 saturated heterocycles. The van der Waals surface area contributed by atoms with Crippen LogP contribution < -0.4 is 4.18 Å². The summed E-state index contributed by atoms with van der Waals surface area (Å²) in [4.78, 5) is 4.17. The van der Waals surface area contributed by atoms with Gasteiger partial charge in [0.1, 0.15) is 10.6 Å². The largest absolute Gasteiger partial charge is 0.379 e. The first kappa shape index (κ1) is 43.7. The molecule has 324 valence electrons. The Morgan fingerprint density at radius 3 is 1.54 bits per heavy atom. The van der Waals surface area contributed by atoms with Crippen LogP contribution in [-0.2, 0) is 20.2 Å². The fourth-order valence-corrected chi connectivity index (χ4v) is 15.3. The molecule has 5 aromatic rings. The summed E-state index contributed by atoms with van der Waals surface area (Å²) in [5.74, 6) is 0.778. The van der Waals surface area contributed by atoms with Crippen molar-refractivity contribution in [2.45, 2.75) is 165 Å². The van der Waals surface area contributed by atoms with E-state index in [2.05, 4.69) is 97.1 Å². The molecule has 2 atom stereocenters. The highest BCUT2D eigenvalue weighted by molar-refractivity contribution is 8.17. The van der Waals surface area contributed by atoms with Crippen molar-refractivity contribution in [2.24, 2.45) is 0 Å². The van der Waals surface area contributed by atoms with Crippen LogP contribution in [0.25, 0.3) is 0 Å². The summed E-state index contributed by atoms with van der Waals surface area (Å²) in [6.45, 7) is 5.27. The van der Waals surface area contributed by atoms with Crippen LogP contribution in [-0.4, -0.2) is 21.4 Å². The summed E-state index contributed by atoms with van der Waals surface area (Å²) in [6.07, 6.45) is 14.8. The third kappa shape index (κ3) is 9.86. The van der Waals surface area contributed by atoms with Crippen LogP contribution in [0, 0.1) is 6.92 Å². The Hall–Kier alpha value is -3.89. The maximum Gasteiger partial charge on any atom is 0.339 e. The van der Waals surface area contributed by atoms with Gasteiger partial charge in [-0.2, -0.15) is 27.7 Å². The maximum atomic E-state index is 15.0. The van der Waals surface area contributed by atoms with Gasteiger partial charge in [0.25, 0.3) is 10.1 Å². The molecule has 0 spiro atoms. The first-order valence-corrected chi connectivity index (χ1v) is 26.8. The summed E-state index contributed by atoms with van der Waals surface area (Å²) < 4.78 is 71.0. The normalized spacial score (nSPS) is 19.8. The van der Waals surface area contributed by atoms with Crippen molar-refractivity contribution < 1.29 is 25.6 Å². The molecule has 0 amide bonds. The van der Waals surface area contributed by atoms with E-state index in [-0.39, 0.29) is 28.4 Å². The van der Waals surface area contributed by atoms with Crippen molar-refractivity contribution in [3.05, 3.63) is 143 Å². The Balaban J connectivity index is 1.16. The second-order valence-corrected chi connectivity index (χ2v) is 23.3. The number of rotatable bonds is 12. The Bertz CT molecular complexity index is 2430. The molecule has 3 aliphatic carbocycles. The van der Waals surface area contributed by atoms with Gasteiger partial charge in [-0.1, -0.05) is 119 Å².